The predicted octanol–water partition coefficient (Wildman–Crippen LogP) is 9.10. The average molecular weight is 419 g/mol. The molecule has 6 aromatic carbocycles. The molecule has 0 aromatic heterocycles. The van der Waals surface area contributed by atoms with E-state index in [1.54, 1.807) is 0 Å². The van der Waals surface area contributed by atoms with Crippen LogP contribution >= 0.6 is 21.6 Å². The van der Waals surface area contributed by atoms with Crippen LogP contribution in [0.2, 0.25) is 0 Å². The molecule has 0 aliphatic heterocycles. The van der Waals surface area contributed by atoms with Crippen molar-refractivity contribution < 1.29 is 0 Å². The molecule has 6 aromatic rings. The summed E-state index contributed by atoms with van der Waals surface area (Å²) in [5, 5.41) is 10.4. The average Bonchev–Trinajstić information content (AvgIpc) is 2.80. The maximum atomic E-state index is 2.32. The van der Waals surface area contributed by atoms with Gasteiger partial charge in [0, 0.05) is 9.79 Å². The molecule has 30 heavy (non-hydrogen) atoms. The smallest absolute Gasteiger partial charge is 0.0264 e. The lowest BCUT2D eigenvalue weighted by Gasteiger charge is -2.09. The summed E-state index contributed by atoms with van der Waals surface area (Å²) < 4.78 is 0. The van der Waals surface area contributed by atoms with Gasteiger partial charge in [0.1, 0.15) is 0 Å². The predicted molar refractivity (Wildman–Crippen MR) is 135 cm³/mol. The van der Waals surface area contributed by atoms with Crippen molar-refractivity contribution in [1.29, 1.82) is 0 Å². The number of benzene rings is 6. The van der Waals surface area contributed by atoms with Crippen LogP contribution in [-0.2, 0) is 0 Å². The second-order valence-corrected chi connectivity index (χ2v) is 9.80. The molecule has 0 aliphatic rings. The van der Waals surface area contributed by atoms with Crippen molar-refractivity contribution in [3.05, 3.63) is 109 Å². The van der Waals surface area contributed by atoms with Gasteiger partial charge in [-0.15, -0.1) is 0 Å². The molecule has 0 fully saturated rings. The summed E-state index contributed by atoms with van der Waals surface area (Å²) in [6, 6.07) is 39.7. The van der Waals surface area contributed by atoms with Crippen molar-refractivity contribution in [3.63, 3.8) is 0 Å². The second-order valence-electron chi connectivity index (χ2n) is 7.55. The SMILES string of the molecule is c1ccc2cc3cc(SSc4cccc5cc6ccccc6cc45)ccc3cc2c1. The molecular formula is C28H18S2. The van der Waals surface area contributed by atoms with Crippen LogP contribution in [0, 0.1) is 0 Å². The van der Waals surface area contributed by atoms with Crippen LogP contribution < -0.4 is 0 Å². The van der Waals surface area contributed by atoms with Crippen LogP contribution in [0.5, 0.6) is 0 Å². The Kier molecular flexibility index (Phi) is 4.40. The van der Waals surface area contributed by atoms with Crippen molar-refractivity contribution in [2.45, 2.75) is 9.79 Å². The largest absolute Gasteiger partial charge is 0.0616 e. The Bertz CT molecular complexity index is 1550. The fourth-order valence-corrected chi connectivity index (χ4v) is 6.26. The Morgan fingerprint density at radius 2 is 0.933 bits per heavy atom. The van der Waals surface area contributed by atoms with Crippen LogP contribution in [0.4, 0.5) is 0 Å². The molecule has 0 aliphatic carbocycles. The van der Waals surface area contributed by atoms with Gasteiger partial charge in [0.15, 0.2) is 0 Å². The summed E-state index contributed by atoms with van der Waals surface area (Å²) >= 11 is 0. The first-order valence-corrected chi connectivity index (χ1v) is 12.2. The van der Waals surface area contributed by atoms with Gasteiger partial charge < -0.3 is 0 Å². The molecule has 0 saturated carbocycles. The highest BCUT2D eigenvalue weighted by molar-refractivity contribution is 8.76. The Labute approximate surface area is 183 Å². The van der Waals surface area contributed by atoms with Crippen molar-refractivity contribution in [3.8, 4) is 0 Å². The van der Waals surface area contributed by atoms with E-state index >= 15 is 0 Å². The Hall–Kier alpha value is -2.94. The van der Waals surface area contributed by atoms with Gasteiger partial charge in [-0.2, -0.15) is 0 Å². The van der Waals surface area contributed by atoms with E-state index in [0.717, 1.165) is 0 Å². The fraction of sp³-hybridized carbons (Fsp3) is 0. The zero-order chi connectivity index (χ0) is 19.9. The summed E-state index contributed by atoms with van der Waals surface area (Å²) in [7, 11) is 3.67. The molecule has 0 N–H and O–H groups in total. The highest BCUT2D eigenvalue weighted by atomic mass is 33.1. The molecule has 0 heterocycles. The van der Waals surface area contributed by atoms with Gasteiger partial charge >= 0.3 is 0 Å². The molecule has 0 saturated heterocycles. The molecular weight excluding hydrogens is 400 g/mol. The third-order valence-electron chi connectivity index (χ3n) is 5.61. The summed E-state index contributed by atoms with van der Waals surface area (Å²) in [6.45, 7) is 0. The molecule has 6 rings (SSSR count). The number of hydrogen-bond donors (Lipinski definition) is 0. The van der Waals surface area contributed by atoms with Crippen molar-refractivity contribution in [2.24, 2.45) is 0 Å². The Balaban J connectivity index is 1.35. The molecule has 142 valence electrons. The first-order chi connectivity index (χ1) is 14.8. The maximum absolute atomic E-state index is 2.32. The van der Waals surface area contributed by atoms with Crippen molar-refractivity contribution >= 4 is 64.7 Å². The highest BCUT2D eigenvalue weighted by Crippen LogP contribution is 2.42. The molecule has 0 unspecified atom stereocenters. The van der Waals surface area contributed by atoms with Crippen LogP contribution in [0.1, 0.15) is 0 Å². The van der Waals surface area contributed by atoms with E-state index in [0.29, 0.717) is 0 Å². The lowest BCUT2D eigenvalue weighted by atomic mass is 10.0. The van der Waals surface area contributed by atoms with E-state index < -0.39 is 0 Å². The van der Waals surface area contributed by atoms with Crippen molar-refractivity contribution in [2.75, 3.05) is 0 Å². The van der Waals surface area contributed by atoms with E-state index in [1.807, 2.05) is 21.6 Å². The lowest BCUT2D eigenvalue weighted by Crippen LogP contribution is -1.79. The zero-order valence-electron chi connectivity index (χ0n) is 16.2. The number of fused-ring (bicyclic) bond motifs is 4. The third-order valence-corrected chi connectivity index (χ3v) is 8.04. The maximum Gasteiger partial charge on any atom is 0.0264 e. The van der Waals surface area contributed by atoms with E-state index in [4.69, 9.17) is 0 Å². The Morgan fingerprint density at radius 1 is 0.367 bits per heavy atom. The zero-order valence-corrected chi connectivity index (χ0v) is 17.8. The monoisotopic (exact) mass is 418 g/mol. The first-order valence-electron chi connectivity index (χ1n) is 10.0. The minimum absolute atomic E-state index is 1.28. The van der Waals surface area contributed by atoms with Gasteiger partial charge in [0.2, 0.25) is 0 Å². The minimum Gasteiger partial charge on any atom is -0.0616 e. The fourth-order valence-electron chi connectivity index (χ4n) is 4.07. The molecule has 0 bridgehead atoms. The molecule has 0 atom stereocenters. The van der Waals surface area contributed by atoms with Crippen LogP contribution in [-0.4, -0.2) is 0 Å². The lowest BCUT2D eigenvalue weighted by molar-refractivity contribution is 1.53. The Morgan fingerprint density at radius 3 is 1.67 bits per heavy atom. The van der Waals surface area contributed by atoms with Crippen LogP contribution in [0.25, 0.3) is 43.1 Å². The van der Waals surface area contributed by atoms with E-state index in [-0.39, 0.29) is 0 Å². The second kappa shape index (κ2) is 7.39. The molecule has 0 spiro atoms. The summed E-state index contributed by atoms with van der Waals surface area (Å²) in [5.41, 5.74) is 0. The normalized spacial score (nSPS) is 11.6. The summed E-state index contributed by atoms with van der Waals surface area (Å²) in [4.78, 5) is 2.59. The van der Waals surface area contributed by atoms with Crippen molar-refractivity contribution in [1.82, 2.24) is 0 Å². The molecule has 0 radical (unpaired) electrons. The van der Waals surface area contributed by atoms with Gasteiger partial charge in [-0.3, -0.25) is 0 Å². The summed E-state index contributed by atoms with van der Waals surface area (Å²) in [5.74, 6) is 0. The van der Waals surface area contributed by atoms with Crippen LogP contribution in [0.15, 0.2) is 119 Å². The minimum atomic E-state index is 1.28. The first kappa shape index (κ1) is 17.9. The van der Waals surface area contributed by atoms with E-state index in [2.05, 4.69) is 109 Å². The standard InChI is InChI=1S/C28H18S2/c1-2-8-21-16-25-17-26(13-12-23(25)14-19(21)6-1)29-30-28-11-5-10-24-15-20-7-3-4-9-22(20)18-27(24)28/h1-18H. The van der Waals surface area contributed by atoms with Crippen LogP contribution in [0.3, 0.4) is 0 Å². The topological polar surface area (TPSA) is 0 Å². The number of rotatable bonds is 3. The molecule has 0 amide bonds. The summed E-state index contributed by atoms with van der Waals surface area (Å²) in [6.07, 6.45) is 0. The van der Waals surface area contributed by atoms with Gasteiger partial charge in [-0.25, -0.2) is 0 Å². The van der Waals surface area contributed by atoms with Gasteiger partial charge in [-0.1, -0.05) is 88.3 Å². The number of hydrogen-bond acceptors (Lipinski definition) is 2. The van der Waals surface area contributed by atoms with E-state index in [9.17, 15) is 0 Å². The molecule has 0 nitrogen and oxygen atoms in total. The molecule has 2 heteroatoms. The van der Waals surface area contributed by atoms with E-state index in [1.165, 1.54) is 52.9 Å². The van der Waals surface area contributed by atoms with Gasteiger partial charge in [0.05, 0.1) is 0 Å². The van der Waals surface area contributed by atoms with Gasteiger partial charge in [0.25, 0.3) is 0 Å². The highest BCUT2D eigenvalue weighted by Gasteiger charge is 2.06. The third kappa shape index (κ3) is 3.23. The quantitative estimate of drug-likeness (QED) is 0.208. The van der Waals surface area contributed by atoms with Gasteiger partial charge in [-0.05, 0) is 85.6 Å².